The molecule has 0 fully saturated rings. The number of carbonyl (C=O) groups excluding carboxylic acids is 1. The van der Waals surface area contributed by atoms with Gasteiger partial charge < -0.3 is 15.2 Å². The summed E-state index contributed by atoms with van der Waals surface area (Å²) in [5, 5.41) is 14.4. The molecule has 0 unspecified atom stereocenters. The standard InChI is InChI=1S/C13H24N2O3S2/c1-12(2,9(16)8(6-19)14-4)10-15-13(3,7-20-10)11(17)18-5/h8-9,14,16,19H,6-7H2,1-5H3/t8-,9+,13+/m0/s1. The first-order chi connectivity index (χ1) is 9.22. The first-order valence-electron chi connectivity index (χ1n) is 6.50. The Kier molecular flexibility index (Phi) is 5.95. The highest BCUT2D eigenvalue weighted by Crippen LogP contribution is 2.39. The average Bonchev–Trinajstić information content (AvgIpc) is 2.83. The van der Waals surface area contributed by atoms with Crippen LogP contribution in [0.25, 0.3) is 0 Å². The van der Waals surface area contributed by atoms with Crippen LogP contribution >= 0.6 is 24.4 Å². The molecule has 0 radical (unpaired) electrons. The summed E-state index contributed by atoms with van der Waals surface area (Å²) in [5.41, 5.74) is -1.41. The molecular weight excluding hydrogens is 296 g/mol. The van der Waals surface area contributed by atoms with Gasteiger partial charge in [-0.05, 0) is 14.0 Å². The number of thiol groups is 1. The van der Waals surface area contributed by atoms with E-state index in [1.165, 1.54) is 18.9 Å². The number of nitrogens with zero attached hydrogens (tertiary/aromatic N) is 1. The Hall–Kier alpha value is -0.240. The van der Waals surface area contributed by atoms with Crippen molar-refractivity contribution in [3.63, 3.8) is 0 Å². The number of ether oxygens (including phenoxy) is 1. The maximum Gasteiger partial charge on any atom is 0.334 e. The number of carbonyl (C=O) groups is 1. The number of hydrogen-bond acceptors (Lipinski definition) is 7. The fraction of sp³-hybridized carbons (Fsp3) is 0.846. The third-order valence-electron chi connectivity index (χ3n) is 3.70. The van der Waals surface area contributed by atoms with Crippen LogP contribution in [0.15, 0.2) is 4.99 Å². The summed E-state index contributed by atoms with van der Waals surface area (Å²) in [5.74, 6) is 0.716. The second-order valence-corrected chi connectivity index (χ2v) is 7.04. The van der Waals surface area contributed by atoms with E-state index in [-0.39, 0.29) is 12.0 Å². The van der Waals surface area contributed by atoms with E-state index in [0.717, 1.165) is 5.04 Å². The molecule has 0 amide bonds. The molecule has 116 valence electrons. The second kappa shape index (κ2) is 6.68. The first kappa shape index (κ1) is 17.8. The molecule has 2 N–H and O–H groups in total. The highest BCUT2D eigenvalue weighted by atomic mass is 32.2. The number of likely N-dealkylation sites (N-methyl/N-ethyl adjacent to an activating group) is 1. The van der Waals surface area contributed by atoms with Gasteiger partial charge in [0.25, 0.3) is 0 Å². The molecule has 0 aromatic carbocycles. The smallest absolute Gasteiger partial charge is 0.334 e. The Morgan fingerprint density at radius 1 is 1.70 bits per heavy atom. The molecular formula is C13H24N2O3S2. The first-order valence-corrected chi connectivity index (χ1v) is 8.12. The predicted octanol–water partition coefficient (Wildman–Crippen LogP) is 0.968. The van der Waals surface area contributed by atoms with Crippen molar-refractivity contribution in [2.45, 2.75) is 38.5 Å². The van der Waals surface area contributed by atoms with Crippen LogP contribution in [0.2, 0.25) is 0 Å². The maximum absolute atomic E-state index is 11.8. The van der Waals surface area contributed by atoms with Gasteiger partial charge in [0.05, 0.1) is 18.3 Å². The number of hydrogen-bond donors (Lipinski definition) is 3. The summed E-state index contributed by atoms with van der Waals surface area (Å²) in [4.78, 5) is 16.3. The number of nitrogens with one attached hydrogen (secondary N) is 1. The Morgan fingerprint density at radius 2 is 2.30 bits per heavy atom. The molecule has 0 saturated heterocycles. The summed E-state index contributed by atoms with van der Waals surface area (Å²) < 4.78 is 4.80. The van der Waals surface area contributed by atoms with Crippen LogP contribution < -0.4 is 5.32 Å². The van der Waals surface area contributed by atoms with Crippen LogP contribution in [0, 0.1) is 5.41 Å². The van der Waals surface area contributed by atoms with Crippen LogP contribution in [-0.2, 0) is 9.53 Å². The Balaban J connectivity index is 2.99. The van der Waals surface area contributed by atoms with E-state index >= 15 is 0 Å². The van der Waals surface area contributed by atoms with Crippen molar-refractivity contribution in [2.24, 2.45) is 10.4 Å². The number of methoxy groups -OCH3 is 1. The van der Waals surface area contributed by atoms with Crippen molar-refractivity contribution in [3.8, 4) is 0 Å². The van der Waals surface area contributed by atoms with E-state index < -0.39 is 17.1 Å². The van der Waals surface area contributed by atoms with Crippen molar-refractivity contribution >= 4 is 35.4 Å². The van der Waals surface area contributed by atoms with E-state index in [4.69, 9.17) is 4.74 Å². The van der Waals surface area contributed by atoms with Gasteiger partial charge in [0, 0.05) is 23.0 Å². The lowest BCUT2D eigenvalue weighted by Gasteiger charge is -2.35. The minimum atomic E-state index is -0.859. The van der Waals surface area contributed by atoms with Gasteiger partial charge in [-0.25, -0.2) is 4.79 Å². The summed E-state index contributed by atoms with van der Waals surface area (Å²) >= 11 is 5.75. The van der Waals surface area contributed by atoms with Gasteiger partial charge in [0.15, 0.2) is 5.54 Å². The molecule has 0 aliphatic carbocycles. The van der Waals surface area contributed by atoms with E-state index in [0.29, 0.717) is 11.5 Å². The topological polar surface area (TPSA) is 70.9 Å². The summed E-state index contributed by atoms with van der Waals surface area (Å²) in [6.45, 7) is 5.62. The molecule has 0 saturated carbocycles. The monoisotopic (exact) mass is 320 g/mol. The number of thioether (sulfide) groups is 1. The van der Waals surface area contributed by atoms with Gasteiger partial charge in [-0.3, -0.25) is 4.99 Å². The molecule has 0 bridgehead atoms. The van der Waals surface area contributed by atoms with Crippen LogP contribution in [0.4, 0.5) is 0 Å². The zero-order valence-electron chi connectivity index (χ0n) is 12.6. The van der Waals surface area contributed by atoms with Crippen molar-refractivity contribution in [3.05, 3.63) is 0 Å². The van der Waals surface area contributed by atoms with Gasteiger partial charge >= 0.3 is 5.97 Å². The number of esters is 1. The molecule has 7 heteroatoms. The highest BCUT2D eigenvalue weighted by molar-refractivity contribution is 8.14. The van der Waals surface area contributed by atoms with Crippen LogP contribution in [0.5, 0.6) is 0 Å². The molecule has 1 aliphatic rings. The lowest BCUT2D eigenvalue weighted by Crippen LogP contribution is -2.50. The van der Waals surface area contributed by atoms with Crippen LogP contribution in [0.3, 0.4) is 0 Å². The van der Waals surface area contributed by atoms with E-state index in [1.54, 1.807) is 14.0 Å². The molecule has 0 aromatic heterocycles. The Bertz CT molecular complexity index is 397. The van der Waals surface area contributed by atoms with E-state index in [9.17, 15) is 9.90 Å². The van der Waals surface area contributed by atoms with Crippen molar-refractivity contribution in [1.29, 1.82) is 0 Å². The lowest BCUT2D eigenvalue weighted by atomic mass is 9.83. The van der Waals surface area contributed by atoms with Gasteiger partial charge in [0.2, 0.25) is 0 Å². The van der Waals surface area contributed by atoms with E-state index in [1.807, 2.05) is 13.8 Å². The fourth-order valence-electron chi connectivity index (χ4n) is 2.13. The normalized spacial score (nSPS) is 26.1. The van der Waals surface area contributed by atoms with Crippen molar-refractivity contribution < 1.29 is 14.6 Å². The zero-order valence-corrected chi connectivity index (χ0v) is 14.3. The van der Waals surface area contributed by atoms with Gasteiger partial charge in [-0.2, -0.15) is 12.6 Å². The molecule has 0 spiro atoms. The quantitative estimate of drug-likeness (QED) is 0.502. The summed E-state index contributed by atoms with van der Waals surface area (Å²) in [7, 11) is 3.16. The molecule has 1 heterocycles. The number of rotatable bonds is 6. The minimum Gasteiger partial charge on any atom is -0.467 e. The molecule has 1 rings (SSSR count). The number of aliphatic hydroxyl groups excluding tert-OH is 1. The van der Waals surface area contributed by atoms with Crippen LogP contribution in [-0.4, -0.2) is 59.5 Å². The average molecular weight is 320 g/mol. The molecule has 20 heavy (non-hydrogen) atoms. The molecule has 0 aromatic rings. The Labute approximate surface area is 130 Å². The van der Waals surface area contributed by atoms with Gasteiger partial charge in [-0.1, -0.05) is 13.8 Å². The SMILES string of the molecule is CN[C@@H](CS)[C@@H](O)C(C)(C)C1=N[C@@](C)(C(=O)OC)CS1. The number of aliphatic hydroxyl groups is 1. The fourth-order valence-corrected chi connectivity index (χ4v) is 3.87. The second-order valence-electron chi connectivity index (χ2n) is 5.72. The summed E-state index contributed by atoms with van der Waals surface area (Å²) in [6.07, 6.45) is -0.642. The highest BCUT2D eigenvalue weighted by Gasteiger charge is 2.46. The third-order valence-corrected chi connectivity index (χ3v) is 5.69. The maximum atomic E-state index is 11.8. The minimum absolute atomic E-state index is 0.137. The third kappa shape index (κ3) is 3.32. The largest absolute Gasteiger partial charge is 0.467 e. The molecule has 5 nitrogen and oxygen atoms in total. The van der Waals surface area contributed by atoms with Crippen molar-refractivity contribution in [1.82, 2.24) is 5.32 Å². The summed E-state index contributed by atoms with van der Waals surface area (Å²) in [6, 6.07) is -0.137. The Morgan fingerprint density at radius 3 is 2.75 bits per heavy atom. The van der Waals surface area contributed by atoms with Crippen LogP contribution in [0.1, 0.15) is 20.8 Å². The van der Waals surface area contributed by atoms with Crippen molar-refractivity contribution in [2.75, 3.05) is 25.7 Å². The molecule has 3 atom stereocenters. The van der Waals surface area contributed by atoms with Gasteiger partial charge in [-0.15, -0.1) is 11.8 Å². The lowest BCUT2D eigenvalue weighted by molar-refractivity contribution is -0.145. The predicted molar refractivity (Wildman–Crippen MR) is 86.8 cm³/mol. The van der Waals surface area contributed by atoms with E-state index in [2.05, 4.69) is 22.9 Å². The van der Waals surface area contributed by atoms with Gasteiger partial charge in [0.1, 0.15) is 0 Å². The molecule has 1 aliphatic heterocycles. The zero-order chi connectivity index (χ0) is 15.6. The number of aliphatic imine (C=N–C) groups is 1.